The highest BCUT2D eigenvalue weighted by Gasteiger charge is 2.30. The molecule has 1 atom stereocenters. The van der Waals surface area contributed by atoms with Crippen LogP contribution in [0.15, 0.2) is 16.7 Å². The fourth-order valence-electron chi connectivity index (χ4n) is 1.94. The first-order valence-corrected chi connectivity index (χ1v) is 8.07. The highest BCUT2D eigenvalue weighted by Crippen LogP contribution is 2.21. The van der Waals surface area contributed by atoms with Gasteiger partial charge in [-0.15, -0.1) is 0 Å². The van der Waals surface area contributed by atoms with Crippen molar-refractivity contribution < 1.29 is 8.42 Å². The van der Waals surface area contributed by atoms with Crippen molar-refractivity contribution in [1.29, 1.82) is 0 Å². The summed E-state index contributed by atoms with van der Waals surface area (Å²) in [4.78, 5) is 4.20. The third-order valence-electron chi connectivity index (χ3n) is 3.02. The van der Waals surface area contributed by atoms with Crippen molar-refractivity contribution in [2.75, 3.05) is 17.6 Å². The maximum atomic E-state index is 11.6. The molecule has 0 aliphatic carbocycles. The van der Waals surface area contributed by atoms with Gasteiger partial charge >= 0.3 is 0 Å². The largest absolute Gasteiger partial charge is 0.369 e. The Bertz CT molecular complexity index is 516. The van der Waals surface area contributed by atoms with Crippen LogP contribution in [0.4, 0.5) is 5.82 Å². The predicted molar refractivity (Wildman–Crippen MR) is 72.0 cm³/mol. The molecule has 1 aliphatic rings. The Hall–Kier alpha value is -0.620. The zero-order chi connectivity index (χ0) is 12.5. The lowest BCUT2D eigenvalue weighted by Gasteiger charge is -2.11. The molecule has 1 aromatic heterocycles. The van der Waals surface area contributed by atoms with E-state index in [9.17, 15) is 8.42 Å². The number of aryl methyl sites for hydroxylation is 1. The SMILES string of the molecule is Cc1cc(NCC2CCCS2(=O)=O)ncc1Br. The number of hydrogen-bond donors (Lipinski definition) is 1. The first kappa shape index (κ1) is 12.8. The molecule has 94 valence electrons. The van der Waals surface area contributed by atoms with Crippen molar-refractivity contribution in [1.82, 2.24) is 4.98 Å². The smallest absolute Gasteiger partial charge is 0.154 e. The topological polar surface area (TPSA) is 59.1 Å². The van der Waals surface area contributed by atoms with Crippen molar-refractivity contribution in [3.63, 3.8) is 0 Å². The maximum Gasteiger partial charge on any atom is 0.154 e. The molecule has 1 aromatic rings. The minimum atomic E-state index is -2.88. The van der Waals surface area contributed by atoms with Gasteiger partial charge in [0.1, 0.15) is 5.82 Å². The van der Waals surface area contributed by atoms with E-state index in [4.69, 9.17) is 0 Å². The van der Waals surface area contributed by atoms with Gasteiger partial charge in [-0.05, 0) is 47.3 Å². The molecule has 1 saturated heterocycles. The molecule has 4 nitrogen and oxygen atoms in total. The molecule has 1 unspecified atom stereocenters. The molecule has 0 radical (unpaired) electrons. The Kier molecular flexibility index (Phi) is 3.73. The van der Waals surface area contributed by atoms with Crippen LogP contribution >= 0.6 is 15.9 Å². The summed E-state index contributed by atoms with van der Waals surface area (Å²) in [6, 6.07) is 1.91. The molecule has 0 saturated carbocycles. The predicted octanol–water partition coefficient (Wildman–Crippen LogP) is 2.14. The van der Waals surface area contributed by atoms with Gasteiger partial charge in [0.05, 0.1) is 11.0 Å². The maximum absolute atomic E-state index is 11.6. The van der Waals surface area contributed by atoms with Crippen molar-refractivity contribution in [2.45, 2.75) is 25.0 Å². The Morgan fingerprint density at radius 3 is 2.94 bits per heavy atom. The summed E-state index contributed by atoms with van der Waals surface area (Å²) in [5.41, 5.74) is 1.08. The molecule has 2 rings (SSSR count). The van der Waals surface area contributed by atoms with E-state index in [1.54, 1.807) is 6.20 Å². The highest BCUT2D eigenvalue weighted by molar-refractivity contribution is 9.10. The highest BCUT2D eigenvalue weighted by atomic mass is 79.9. The number of nitrogens with one attached hydrogen (secondary N) is 1. The first-order valence-electron chi connectivity index (χ1n) is 5.56. The number of pyridine rings is 1. The summed E-state index contributed by atoms with van der Waals surface area (Å²) >= 11 is 3.38. The van der Waals surface area contributed by atoms with Gasteiger partial charge in [-0.1, -0.05) is 0 Å². The Morgan fingerprint density at radius 1 is 1.59 bits per heavy atom. The van der Waals surface area contributed by atoms with E-state index in [2.05, 4.69) is 26.2 Å². The molecule has 1 N–H and O–H groups in total. The van der Waals surface area contributed by atoms with Gasteiger partial charge < -0.3 is 5.32 Å². The number of hydrogen-bond acceptors (Lipinski definition) is 4. The van der Waals surface area contributed by atoms with Crippen LogP contribution in [0.1, 0.15) is 18.4 Å². The van der Waals surface area contributed by atoms with Crippen LogP contribution in [0.2, 0.25) is 0 Å². The molecular formula is C11H15BrN2O2S. The molecule has 1 aliphatic heterocycles. The lowest BCUT2D eigenvalue weighted by atomic mass is 10.2. The number of nitrogens with zero attached hydrogens (tertiary/aromatic N) is 1. The van der Waals surface area contributed by atoms with E-state index < -0.39 is 9.84 Å². The summed E-state index contributed by atoms with van der Waals surface area (Å²) in [5.74, 6) is 1.05. The number of aromatic nitrogens is 1. The van der Waals surface area contributed by atoms with E-state index in [0.29, 0.717) is 12.3 Å². The molecule has 0 aromatic carbocycles. The minimum absolute atomic E-state index is 0.256. The summed E-state index contributed by atoms with van der Waals surface area (Å²) in [6.45, 7) is 2.43. The van der Waals surface area contributed by atoms with E-state index >= 15 is 0 Å². The average Bonchev–Trinajstić information content (AvgIpc) is 2.60. The molecule has 2 heterocycles. The lowest BCUT2D eigenvalue weighted by Crippen LogP contribution is -2.25. The number of anilines is 1. The molecule has 0 spiro atoms. The van der Waals surface area contributed by atoms with E-state index in [-0.39, 0.29) is 5.25 Å². The Labute approximate surface area is 110 Å². The second-order valence-corrected chi connectivity index (χ2v) is 7.59. The summed E-state index contributed by atoms with van der Waals surface area (Å²) in [7, 11) is -2.88. The van der Waals surface area contributed by atoms with Crippen molar-refractivity contribution in [3.05, 3.63) is 22.3 Å². The zero-order valence-corrected chi connectivity index (χ0v) is 12.0. The monoisotopic (exact) mass is 318 g/mol. The first-order chi connectivity index (χ1) is 7.99. The number of halogens is 1. The second-order valence-electron chi connectivity index (χ2n) is 4.33. The van der Waals surface area contributed by atoms with Crippen molar-refractivity contribution in [3.8, 4) is 0 Å². The van der Waals surface area contributed by atoms with Crippen molar-refractivity contribution >= 4 is 31.6 Å². The van der Waals surface area contributed by atoms with Crippen LogP contribution in [-0.2, 0) is 9.84 Å². The van der Waals surface area contributed by atoms with Crippen LogP contribution in [0.5, 0.6) is 0 Å². The molecule has 1 fully saturated rings. The van der Waals surface area contributed by atoms with Crippen LogP contribution in [0.25, 0.3) is 0 Å². The van der Waals surface area contributed by atoms with Gasteiger partial charge in [-0.2, -0.15) is 0 Å². The molecule has 0 amide bonds. The quantitative estimate of drug-likeness (QED) is 0.927. The molecule has 6 heteroatoms. The Balaban J connectivity index is 2.00. The number of sulfone groups is 1. The van der Waals surface area contributed by atoms with Gasteiger partial charge in [0.15, 0.2) is 9.84 Å². The molecular weight excluding hydrogens is 304 g/mol. The lowest BCUT2D eigenvalue weighted by molar-refractivity contribution is 0.591. The normalized spacial score (nSPS) is 22.6. The fourth-order valence-corrected chi connectivity index (χ4v) is 3.92. The van der Waals surface area contributed by atoms with Gasteiger partial charge in [0, 0.05) is 17.2 Å². The molecule has 0 bridgehead atoms. The van der Waals surface area contributed by atoms with Gasteiger partial charge in [-0.3, -0.25) is 0 Å². The van der Waals surface area contributed by atoms with Gasteiger partial charge in [-0.25, -0.2) is 13.4 Å². The zero-order valence-electron chi connectivity index (χ0n) is 9.61. The standard InChI is InChI=1S/C11H15BrN2O2S/c1-8-5-11(14-7-10(8)12)13-6-9-3-2-4-17(9,15)16/h5,7,9H,2-4,6H2,1H3,(H,13,14). The third-order valence-corrected chi connectivity index (χ3v) is 6.13. The van der Waals surface area contributed by atoms with Gasteiger partial charge in [0.25, 0.3) is 0 Å². The fraction of sp³-hybridized carbons (Fsp3) is 0.545. The number of rotatable bonds is 3. The van der Waals surface area contributed by atoms with Gasteiger partial charge in [0.2, 0.25) is 0 Å². The molecule has 17 heavy (non-hydrogen) atoms. The van der Waals surface area contributed by atoms with Crippen LogP contribution in [0.3, 0.4) is 0 Å². The van der Waals surface area contributed by atoms with Crippen LogP contribution in [0, 0.1) is 6.92 Å². The van der Waals surface area contributed by atoms with Crippen LogP contribution in [-0.4, -0.2) is 30.9 Å². The van der Waals surface area contributed by atoms with E-state index in [0.717, 1.165) is 28.7 Å². The van der Waals surface area contributed by atoms with Crippen molar-refractivity contribution in [2.24, 2.45) is 0 Å². The Morgan fingerprint density at radius 2 is 2.35 bits per heavy atom. The summed E-state index contributed by atoms with van der Waals surface area (Å²) < 4.78 is 24.2. The summed E-state index contributed by atoms with van der Waals surface area (Å²) in [5, 5.41) is 2.84. The average molecular weight is 319 g/mol. The summed E-state index contributed by atoms with van der Waals surface area (Å²) in [6.07, 6.45) is 3.26. The van der Waals surface area contributed by atoms with Crippen LogP contribution < -0.4 is 5.32 Å². The third kappa shape index (κ3) is 2.98. The van der Waals surface area contributed by atoms with E-state index in [1.165, 1.54) is 0 Å². The second kappa shape index (κ2) is 4.94. The van der Waals surface area contributed by atoms with E-state index in [1.807, 2.05) is 13.0 Å². The minimum Gasteiger partial charge on any atom is -0.369 e.